The van der Waals surface area contributed by atoms with Crippen LogP contribution < -0.4 is 0 Å². The van der Waals surface area contributed by atoms with Crippen molar-refractivity contribution in [2.75, 3.05) is 4.43 Å². The normalized spacial score (nSPS) is 18.1. The van der Waals surface area contributed by atoms with Gasteiger partial charge in [0.1, 0.15) is 5.76 Å². The number of rotatable bonds is 1. The van der Waals surface area contributed by atoms with Crippen molar-refractivity contribution in [1.82, 2.24) is 0 Å². The van der Waals surface area contributed by atoms with Gasteiger partial charge < -0.3 is 4.74 Å². The van der Waals surface area contributed by atoms with Crippen LogP contribution in [0.15, 0.2) is 11.8 Å². The first-order chi connectivity index (χ1) is 3.83. The Bertz CT molecular complexity index is 139. The van der Waals surface area contributed by atoms with E-state index in [1.165, 1.54) is 0 Å². The third-order valence-corrected chi connectivity index (χ3v) is 1.62. The first-order valence-corrected chi connectivity index (χ1v) is 3.81. The zero-order chi connectivity index (χ0) is 5.98. The molecule has 3 heteroatoms. The van der Waals surface area contributed by atoms with E-state index < -0.39 is 0 Å². The summed E-state index contributed by atoms with van der Waals surface area (Å²) in [5, 5.41) is 0. The van der Waals surface area contributed by atoms with E-state index in [4.69, 9.17) is 4.74 Å². The molecule has 44 valence electrons. The van der Waals surface area contributed by atoms with Crippen LogP contribution in [0.4, 0.5) is 0 Å². The maximum Gasteiger partial charge on any atom is 0.314 e. The van der Waals surface area contributed by atoms with Crippen LogP contribution in [0.1, 0.15) is 6.42 Å². The van der Waals surface area contributed by atoms with E-state index in [1.54, 1.807) is 0 Å². The Labute approximate surface area is 61.0 Å². The van der Waals surface area contributed by atoms with Gasteiger partial charge in [-0.1, -0.05) is 22.6 Å². The molecule has 1 rings (SSSR count). The van der Waals surface area contributed by atoms with E-state index in [2.05, 4.69) is 22.6 Å². The number of carbonyl (C=O) groups excluding carboxylic acids is 1. The van der Waals surface area contributed by atoms with Gasteiger partial charge in [0.15, 0.2) is 0 Å². The van der Waals surface area contributed by atoms with Gasteiger partial charge in [0.05, 0.1) is 10.8 Å². The third-order valence-electron chi connectivity index (χ3n) is 0.873. The molecule has 0 bridgehead atoms. The van der Waals surface area contributed by atoms with E-state index in [-0.39, 0.29) is 5.97 Å². The fourth-order valence-electron chi connectivity index (χ4n) is 0.509. The molecule has 0 radical (unpaired) electrons. The quantitative estimate of drug-likeness (QED) is 0.380. The summed E-state index contributed by atoms with van der Waals surface area (Å²) in [4.78, 5) is 10.3. The maximum absolute atomic E-state index is 10.3. The van der Waals surface area contributed by atoms with Crippen molar-refractivity contribution >= 4 is 28.6 Å². The molecular formula is C5H5IO2. The van der Waals surface area contributed by atoms with Gasteiger partial charge in [-0.2, -0.15) is 0 Å². The molecule has 1 heterocycles. The van der Waals surface area contributed by atoms with E-state index in [9.17, 15) is 4.79 Å². The lowest BCUT2D eigenvalue weighted by molar-refractivity contribution is -0.136. The highest BCUT2D eigenvalue weighted by atomic mass is 127. The molecule has 0 spiro atoms. The standard InChI is InChI=1S/C5H5IO2/c6-3-4-1-2-5(7)8-4/h1H,2-3H2. The fraction of sp³-hybridized carbons (Fsp3) is 0.400. The van der Waals surface area contributed by atoms with E-state index in [0.29, 0.717) is 6.42 Å². The molecule has 8 heavy (non-hydrogen) atoms. The van der Waals surface area contributed by atoms with Crippen molar-refractivity contribution in [3.8, 4) is 0 Å². The molecule has 0 aromatic heterocycles. The summed E-state index contributed by atoms with van der Waals surface area (Å²) < 4.78 is 5.52. The van der Waals surface area contributed by atoms with Crippen LogP contribution in [0.3, 0.4) is 0 Å². The highest BCUT2D eigenvalue weighted by molar-refractivity contribution is 14.1. The highest BCUT2D eigenvalue weighted by Gasteiger charge is 2.11. The first kappa shape index (κ1) is 6.07. The van der Waals surface area contributed by atoms with Gasteiger partial charge in [-0.05, 0) is 6.08 Å². The Morgan fingerprint density at radius 3 is 2.88 bits per heavy atom. The average Bonchev–Trinajstić information content (AvgIpc) is 2.14. The van der Waals surface area contributed by atoms with Crippen LogP contribution in [0.25, 0.3) is 0 Å². The van der Waals surface area contributed by atoms with E-state index in [1.807, 2.05) is 6.08 Å². The SMILES string of the molecule is O=C1CC=C(CI)O1. The Hall–Kier alpha value is -0.0600. The fourth-order valence-corrected chi connectivity index (χ4v) is 0.976. The Morgan fingerprint density at radius 2 is 2.62 bits per heavy atom. The van der Waals surface area contributed by atoms with Crippen LogP contribution in [0.2, 0.25) is 0 Å². The number of carbonyl (C=O) groups is 1. The van der Waals surface area contributed by atoms with Gasteiger partial charge in [-0.3, -0.25) is 4.79 Å². The number of hydrogen-bond acceptors (Lipinski definition) is 2. The molecule has 0 unspecified atom stereocenters. The van der Waals surface area contributed by atoms with Crippen LogP contribution >= 0.6 is 22.6 Å². The summed E-state index contributed by atoms with van der Waals surface area (Å²) in [6.45, 7) is 0. The second-order valence-corrected chi connectivity index (χ2v) is 2.25. The van der Waals surface area contributed by atoms with Gasteiger partial charge in [0.2, 0.25) is 0 Å². The zero-order valence-corrected chi connectivity index (χ0v) is 6.34. The predicted octanol–water partition coefficient (Wildman–Crippen LogP) is 1.25. The highest BCUT2D eigenvalue weighted by Crippen LogP contribution is 2.12. The number of alkyl halides is 1. The Balaban J connectivity index is 2.49. The maximum atomic E-state index is 10.3. The van der Waals surface area contributed by atoms with Crippen molar-refractivity contribution in [2.45, 2.75) is 6.42 Å². The minimum absolute atomic E-state index is 0.128. The number of esters is 1. The molecule has 0 saturated heterocycles. The number of ether oxygens (including phenoxy) is 1. The van der Waals surface area contributed by atoms with Crippen LogP contribution in [0, 0.1) is 0 Å². The summed E-state index contributed by atoms with van der Waals surface area (Å²) in [6.07, 6.45) is 2.27. The lowest BCUT2D eigenvalue weighted by atomic mass is 10.4. The molecule has 0 aliphatic carbocycles. The summed E-state index contributed by atoms with van der Waals surface area (Å²) in [6, 6.07) is 0. The Morgan fingerprint density at radius 1 is 1.88 bits per heavy atom. The minimum atomic E-state index is -0.128. The van der Waals surface area contributed by atoms with Crippen molar-refractivity contribution in [1.29, 1.82) is 0 Å². The number of allylic oxidation sites excluding steroid dienone is 1. The topological polar surface area (TPSA) is 26.3 Å². The smallest absolute Gasteiger partial charge is 0.314 e. The van der Waals surface area contributed by atoms with Gasteiger partial charge in [-0.15, -0.1) is 0 Å². The average molecular weight is 224 g/mol. The van der Waals surface area contributed by atoms with E-state index >= 15 is 0 Å². The van der Waals surface area contributed by atoms with Crippen molar-refractivity contribution < 1.29 is 9.53 Å². The van der Waals surface area contributed by atoms with Crippen LogP contribution in [0.5, 0.6) is 0 Å². The summed E-state index contributed by atoms with van der Waals surface area (Å²) >= 11 is 2.15. The predicted molar refractivity (Wildman–Crippen MR) is 37.7 cm³/mol. The number of hydrogen-bond donors (Lipinski definition) is 0. The molecule has 0 saturated carbocycles. The van der Waals surface area contributed by atoms with Gasteiger partial charge in [0.25, 0.3) is 0 Å². The zero-order valence-electron chi connectivity index (χ0n) is 4.19. The van der Waals surface area contributed by atoms with Gasteiger partial charge >= 0.3 is 5.97 Å². The van der Waals surface area contributed by atoms with Crippen molar-refractivity contribution in [3.63, 3.8) is 0 Å². The summed E-state index contributed by atoms with van der Waals surface area (Å²) in [5.41, 5.74) is 0. The summed E-state index contributed by atoms with van der Waals surface area (Å²) in [7, 11) is 0. The molecule has 0 aromatic rings. The second kappa shape index (κ2) is 2.48. The lowest BCUT2D eigenvalue weighted by Crippen LogP contribution is -1.93. The van der Waals surface area contributed by atoms with Crippen LogP contribution in [-0.4, -0.2) is 10.4 Å². The number of cyclic esters (lactones) is 1. The van der Waals surface area contributed by atoms with Crippen molar-refractivity contribution in [2.24, 2.45) is 0 Å². The molecule has 0 fully saturated rings. The largest absolute Gasteiger partial charge is 0.430 e. The summed E-state index contributed by atoms with van der Waals surface area (Å²) in [5.74, 6) is 0.673. The Kier molecular flexibility index (Phi) is 1.88. The van der Waals surface area contributed by atoms with Gasteiger partial charge in [0, 0.05) is 0 Å². The lowest BCUT2D eigenvalue weighted by Gasteiger charge is -1.92. The molecular weight excluding hydrogens is 219 g/mol. The molecule has 0 N–H and O–H groups in total. The molecule has 2 nitrogen and oxygen atoms in total. The monoisotopic (exact) mass is 224 g/mol. The third kappa shape index (κ3) is 1.21. The van der Waals surface area contributed by atoms with Crippen LogP contribution in [-0.2, 0) is 9.53 Å². The molecule has 1 aliphatic heterocycles. The van der Waals surface area contributed by atoms with Crippen molar-refractivity contribution in [3.05, 3.63) is 11.8 Å². The van der Waals surface area contributed by atoms with Gasteiger partial charge in [-0.25, -0.2) is 0 Å². The molecule has 1 aliphatic rings. The first-order valence-electron chi connectivity index (χ1n) is 2.28. The number of halogens is 1. The second-order valence-electron chi connectivity index (χ2n) is 1.48. The molecule has 0 aromatic carbocycles. The van der Waals surface area contributed by atoms with E-state index in [0.717, 1.165) is 10.2 Å². The molecule has 0 atom stereocenters. The minimum Gasteiger partial charge on any atom is -0.430 e. The molecule has 0 amide bonds.